The van der Waals surface area contributed by atoms with Gasteiger partial charge in [-0.25, -0.2) is 4.98 Å². The molecule has 0 saturated heterocycles. The van der Waals surface area contributed by atoms with Crippen LogP contribution in [0.25, 0.3) is 11.0 Å². The number of carbonyl (C=O) groups is 2. The summed E-state index contributed by atoms with van der Waals surface area (Å²) < 4.78 is 1.93. The number of benzene rings is 1. The van der Waals surface area contributed by atoms with Gasteiger partial charge in [0.1, 0.15) is 5.65 Å². The number of aromatic nitrogens is 2. The van der Waals surface area contributed by atoms with E-state index in [0.29, 0.717) is 39.5 Å². The molecule has 0 spiro atoms. The quantitative estimate of drug-likeness (QED) is 0.220. The molecule has 0 bridgehead atoms. The first kappa shape index (κ1) is 26.2. The largest absolute Gasteiger partial charge is 0.481 e. The Kier molecular flexibility index (Phi) is 9.11. The molecule has 0 aliphatic heterocycles. The normalized spacial score (nSPS) is 13.2. The Morgan fingerprint density at radius 2 is 1.85 bits per heavy atom. The third-order valence-electron chi connectivity index (χ3n) is 6.07. The van der Waals surface area contributed by atoms with Gasteiger partial charge in [0.2, 0.25) is 0 Å². The molecule has 34 heavy (non-hydrogen) atoms. The van der Waals surface area contributed by atoms with Crippen LogP contribution < -0.4 is 0 Å². The van der Waals surface area contributed by atoms with Gasteiger partial charge in [0.25, 0.3) is 0 Å². The Morgan fingerprint density at radius 3 is 2.56 bits per heavy atom. The third-order valence-corrected chi connectivity index (χ3v) is 6.52. The van der Waals surface area contributed by atoms with Crippen molar-refractivity contribution in [1.82, 2.24) is 9.55 Å². The van der Waals surface area contributed by atoms with Gasteiger partial charge in [-0.3, -0.25) is 9.59 Å². The molecule has 2 N–H and O–H groups in total. The van der Waals surface area contributed by atoms with Crippen LogP contribution in [0.2, 0.25) is 10.0 Å². The van der Waals surface area contributed by atoms with E-state index in [0.717, 1.165) is 30.5 Å². The fourth-order valence-electron chi connectivity index (χ4n) is 4.41. The zero-order valence-electron chi connectivity index (χ0n) is 19.4. The minimum Gasteiger partial charge on any atom is -0.481 e. The molecule has 3 rings (SSSR count). The van der Waals surface area contributed by atoms with Crippen molar-refractivity contribution in [2.45, 2.75) is 58.0 Å². The molecule has 2 heterocycles. The molecule has 1 aromatic carbocycles. The van der Waals surface area contributed by atoms with Crippen molar-refractivity contribution < 1.29 is 19.8 Å². The summed E-state index contributed by atoms with van der Waals surface area (Å²) in [5.41, 5.74) is 2.97. The standard InChI is InChI=1S/C26H30Cl2N2O4/c1-16(12-24(33)34)11-23(32)25-20-14-19(28)15-29-26(20)30(2)21(25)9-4-3-5-10-22(31)17-7-6-8-18(27)13-17/h6-8,13-16,22,31H,3-5,9-12H2,1-2H3,(H,33,34)/t16-,22?/m0/s1. The molecule has 182 valence electrons. The van der Waals surface area contributed by atoms with Crippen LogP contribution in [0.15, 0.2) is 36.5 Å². The van der Waals surface area contributed by atoms with E-state index in [-0.39, 0.29) is 24.5 Å². The van der Waals surface area contributed by atoms with Crippen molar-refractivity contribution in [1.29, 1.82) is 0 Å². The summed E-state index contributed by atoms with van der Waals surface area (Å²) in [5, 5.41) is 21.2. The van der Waals surface area contributed by atoms with Gasteiger partial charge in [-0.1, -0.05) is 55.1 Å². The maximum absolute atomic E-state index is 13.2. The van der Waals surface area contributed by atoms with E-state index in [1.54, 1.807) is 31.3 Å². The number of fused-ring (bicyclic) bond motifs is 1. The first-order valence-corrected chi connectivity index (χ1v) is 12.2. The van der Waals surface area contributed by atoms with Gasteiger partial charge in [0.15, 0.2) is 5.78 Å². The van der Waals surface area contributed by atoms with E-state index < -0.39 is 12.1 Å². The van der Waals surface area contributed by atoms with Crippen LogP contribution in [0.3, 0.4) is 0 Å². The number of rotatable bonds is 12. The van der Waals surface area contributed by atoms with Gasteiger partial charge in [0.05, 0.1) is 11.1 Å². The molecule has 0 aliphatic carbocycles. The lowest BCUT2D eigenvalue weighted by molar-refractivity contribution is -0.137. The first-order chi connectivity index (χ1) is 16.2. The number of carboxylic acids is 1. The lowest BCUT2D eigenvalue weighted by atomic mass is 9.94. The molecule has 2 atom stereocenters. The monoisotopic (exact) mass is 504 g/mol. The number of carboxylic acid groups (broad SMARTS) is 1. The highest BCUT2D eigenvalue weighted by molar-refractivity contribution is 6.31. The number of Topliss-reactive ketones (excluding diaryl/α,β-unsaturated/α-hetero) is 1. The average Bonchev–Trinajstić information content (AvgIpc) is 3.03. The second-order valence-corrected chi connectivity index (χ2v) is 9.78. The van der Waals surface area contributed by atoms with E-state index in [1.807, 2.05) is 23.7 Å². The maximum Gasteiger partial charge on any atom is 0.303 e. The summed E-state index contributed by atoms with van der Waals surface area (Å²) in [5.74, 6) is -1.27. The number of halogens is 2. The number of pyridine rings is 1. The smallest absolute Gasteiger partial charge is 0.303 e. The predicted octanol–water partition coefficient (Wildman–Crippen LogP) is 6.40. The summed E-state index contributed by atoms with van der Waals surface area (Å²) in [6.07, 6.45) is 4.96. The molecule has 0 saturated carbocycles. The van der Waals surface area contributed by atoms with Gasteiger partial charge in [0, 0.05) is 47.8 Å². The highest BCUT2D eigenvalue weighted by Gasteiger charge is 2.24. The fourth-order valence-corrected chi connectivity index (χ4v) is 4.77. The number of aryl methyl sites for hydroxylation is 1. The van der Waals surface area contributed by atoms with Gasteiger partial charge < -0.3 is 14.8 Å². The number of hydrogen-bond acceptors (Lipinski definition) is 4. The van der Waals surface area contributed by atoms with Crippen LogP contribution in [0.1, 0.15) is 73.2 Å². The van der Waals surface area contributed by atoms with Gasteiger partial charge in [-0.15, -0.1) is 0 Å². The first-order valence-electron chi connectivity index (χ1n) is 11.5. The zero-order valence-corrected chi connectivity index (χ0v) is 20.9. The third kappa shape index (κ3) is 6.59. The van der Waals surface area contributed by atoms with Crippen LogP contribution in [0.4, 0.5) is 0 Å². The maximum atomic E-state index is 13.2. The highest BCUT2D eigenvalue weighted by atomic mass is 35.5. The number of hydrogen-bond donors (Lipinski definition) is 2. The van der Waals surface area contributed by atoms with Gasteiger partial charge in [-0.05, 0) is 48.9 Å². The zero-order chi connectivity index (χ0) is 24.8. The van der Waals surface area contributed by atoms with E-state index in [4.69, 9.17) is 28.3 Å². The molecule has 2 aromatic heterocycles. The Morgan fingerprint density at radius 1 is 1.09 bits per heavy atom. The molecular formula is C26H30Cl2N2O4. The van der Waals surface area contributed by atoms with Crippen molar-refractivity contribution in [2.24, 2.45) is 13.0 Å². The molecule has 3 aromatic rings. The number of aliphatic hydroxyl groups is 1. The Hall–Kier alpha value is -2.41. The SMILES string of the molecule is C[C@H](CC(=O)O)CC(=O)c1c(CCCCCC(O)c2cccc(Cl)c2)n(C)c2ncc(Cl)cc12. The summed E-state index contributed by atoms with van der Waals surface area (Å²) in [6.45, 7) is 1.77. The van der Waals surface area contributed by atoms with Crippen LogP contribution in [0.5, 0.6) is 0 Å². The average molecular weight is 505 g/mol. The Balaban J connectivity index is 1.70. The van der Waals surface area contributed by atoms with Crippen LogP contribution >= 0.6 is 23.2 Å². The lowest BCUT2D eigenvalue weighted by Crippen LogP contribution is -2.12. The van der Waals surface area contributed by atoms with Crippen molar-refractivity contribution in [3.05, 3.63) is 63.4 Å². The van der Waals surface area contributed by atoms with Crippen LogP contribution in [-0.2, 0) is 18.3 Å². The van der Waals surface area contributed by atoms with Gasteiger partial charge in [-0.2, -0.15) is 0 Å². The Bertz CT molecular complexity index is 1180. The summed E-state index contributed by atoms with van der Waals surface area (Å²) in [7, 11) is 1.89. The summed E-state index contributed by atoms with van der Waals surface area (Å²) in [6, 6.07) is 9.02. The van der Waals surface area contributed by atoms with Crippen molar-refractivity contribution in [3.63, 3.8) is 0 Å². The molecule has 8 heteroatoms. The van der Waals surface area contributed by atoms with E-state index in [1.165, 1.54) is 0 Å². The molecule has 0 fully saturated rings. The molecule has 0 aliphatic rings. The van der Waals surface area contributed by atoms with E-state index >= 15 is 0 Å². The number of aliphatic carboxylic acids is 1. The fraction of sp³-hybridized carbons (Fsp3) is 0.423. The van der Waals surface area contributed by atoms with Crippen molar-refractivity contribution in [2.75, 3.05) is 0 Å². The van der Waals surface area contributed by atoms with Crippen molar-refractivity contribution in [3.8, 4) is 0 Å². The molecule has 0 amide bonds. The van der Waals surface area contributed by atoms with E-state index in [2.05, 4.69) is 4.98 Å². The summed E-state index contributed by atoms with van der Waals surface area (Å²) in [4.78, 5) is 28.7. The highest BCUT2D eigenvalue weighted by Crippen LogP contribution is 2.30. The summed E-state index contributed by atoms with van der Waals surface area (Å²) >= 11 is 12.2. The second-order valence-electron chi connectivity index (χ2n) is 8.91. The number of nitrogens with zero attached hydrogens (tertiary/aromatic N) is 2. The van der Waals surface area contributed by atoms with Crippen LogP contribution in [0, 0.1) is 5.92 Å². The number of unbranched alkanes of at least 4 members (excludes halogenated alkanes) is 2. The molecule has 0 radical (unpaired) electrons. The lowest BCUT2D eigenvalue weighted by Gasteiger charge is -2.12. The van der Waals surface area contributed by atoms with E-state index in [9.17, 15) is 14.7 Å². The molecule has 1 unspecified atom stereocenters. The second kappa shape index (κ2) is 11.8. The minimum atomic E-state index is -0.914. The number of aliphatic hydroxyl groups excluding tert-OH is 1. The molecule has 6 nitrogen and oxygen atoms in total. The van der Waals surface area contributed by atoms with Gasteiger partial charge >= 0.3 is 5.97 Å². The predicted molar refractivity (Wildman–Crippen MR) is 135 cm³/mol. The number of ketones is 1. The molecular weight excluding hydrogens is 475 g/mol. The van der Waals surface area contributed by atoms with Crippen molar-refractivity contribution >= 4 is 46.0 Å². The topological polar surface area (TPSA) is 92.4 Å². The number of carbonyl (C=O) groups excluding carboxylic acids is 1. The minimum absolute atomic E-state index is 0.0558. The van der Waals surface area contributed by atoms with Crippen LogP contribution in [-0.4, -0.2) is 31.5 Å². The Labute approximate surface area is 209 Å².